The predicted octanol–water partition coefficient (Wildman–Crippen LogP) is 3.30. The van der Waals surface area contributed by atoms with Crippen molar-refractivity contribution < 1.29 is 4.42 Å². The Balaban J connectivity index is 2.11. The van der Waals surface area contributed by atoms with Gasteiger partial charge in [0.05, 0.1) is 31.0 Å². The zero-order chi connectivity index (χ0) is 20.1. The van der Waals surface area contributed by atoms with Crippen LogP contribution in [0.2, 0.25) is 0 Å². The van der Waals surface area contributed by atoms with Gasteiger partial charge in [-0.05, 0) is 32.0 Å². The number of benzene rings is 2. The van der Waals surface area contributed by atoms with Gasteiger partial charge in [-0.15, -0.1) is 0 Å². The third-order valence-corrected chi connectivity index (χ3v) is 4.92. The van der Waals surface area contributed by atoms with E-state index in [0.29, 0.717) is 31.5 Å². The number of aromatic nitrogens is 1. The van der Waals surface area contributed by atoms with Gasteiger partial charge >= 0.3 is 0 Å². The van der Waals surface area contributed by atoms with Gasteiger partial charge in [-0.3, -0.25) is 0 Å². The highest BCUT2D eigenvalue weighted by molar-refractivity contribution is 5.80. The maximum Gasteiger partial charge on any atom is 0.206 e. The van der Waals surface area contributed by atoms with Crippen molar-refractivity contribution in [2.45, 2.75) is 26.7 Å². The van der Waals surface area contributed by atoms with E-state index in [-0.39, 0.29) is 0 Å². The zero-order valence-electron chi connectivity index (χ0n) is 16.6. The van der Waals surface area contributed by atoms with Crippen LogP contribution in [0.15, 0.2) is 34.7 Å². The molecule has 0 saturated heterocycles. The number of rotatable bonds is 6. The van der Waals surface area contributed by atoms with Crippen LogP contribution in [-0.2, 0) is 0 Å². The summed E-state index contributed by atoms with van der Waals surface area (Å²) in [5, 5.41) is 19.0. The fourth-order valence-corrected chi connectivity index (χ4v) is 3.27. The van der Waals surface area contributed by atoms with Crippen molar-refractivity contribution in [1.82, 2.24) is 9.56 Å². The van der Waals surface area contributed by atoms with E-state index in [2.05, 4.69) is 43.7 Å². The summed E-state index contributed by atoms with van der Waals surface area (Å²) >= 11 is 0. The monoisotopic (exact) mass is 374 g/mol. The molecule has 142 valence electrons. The highest BCUT2D eigenvalue weighted by atomic mass is 16.3. The summed E-state index contributed by atoms with van der Waals surface area (Å²) in [5.74, 6) is 0.742. The number of aryl methyl sites for hydroxylation is 1. The van der Waals surface area contributed by atoms with E-state index >= 15 is 0 Å². The lowest BCUT2D eigenvalue weighted by molar-refractivity contribution is 0.607. The highest BCUT2D eigenvalue weighted by Gasteiger charge is 2.15. The molecule has 2 aliphatic rings. The molecule has 0 fully saturated rings. The van der Waals surface area contributed by atoms with Gasteiger partial charge in [0, 0.05) is 30.4 Å². The zero-order valence-corrected chi connectivity index (χ0v) is 16.6. The molecule has 0 spiro atoms. The molecule has 0 unspecified atom stereocenters. The van der Waals surface area contributed by atoms with E-state index in [1.54, 1.807) is 0 Å². The summed E-state index contributed by atoms with van der Waals surface area (Å²) in [7, 11) is 2.06. The first-order valence-electron chi connectivity index (χ1n) is 9.45. The number of anilines is 1. The van der Waals surface area contributed by atoms with Crippen LogP contribution in [0.4, 0.5) is 5.69 Å². The van der Waals surface area contributed by atoms with E-state index in [0.717, 1.165) is 40.1 Å². The molecule has 1 heterocycles. The summed E-state index contributed by atoms with van der Waals surface area (Å²) in [6.07, 6.45) is 0.811. The molecular weight excluding hydrogens is 350 g/mol. The minimum atomic E-state index is 0.405. The van der Waals surface area contributed by atoms with Crippen LogP contribution in [0, 0.1) is 29.6 Å². The smallest absolute Gasteiger partial charge is 0.206 e. The van der Waals surface area contributed by atoms with Crippen LogP contribution in [0.25, 0.3) is 22.6 Å². The molecule has 0 amide bonds. The highest BCUT2D eigenvalue weighted by Crippen LogP contribution is 2.27. The summed E-state index contributed by atoms with van der Waals surface area (Å²) < 4.78 is 8.37. The second kappa shape index (κ2) is 8.54. The summed E-state index contributed by atoms with van der Waals surface area (Å²) in [5.41, 5.74) is 4.40. The Morgan fingerprint density at radius 1 is 1.11 bits per heavy atom. The quantitative estimate of drug-likeness (QED) is 0.488. The Morgan fingerprint density at radius 3 is 2.46 bits per heavy atom. The lowest BCUT2D eigenvalue weighted by atomic mass is 10.1. The first-order valence-corrected chi connectivity index (χ1v) is 9.45. The number of hydrogen-bond acceptors (Lipinski definition) is 5. The van der Waals surface area contributed by atoms with E-state index in [9.17, 15) is 0 Å². The van der Waals surface area contributed by atoms with Crippen molar-refractivity contribution >= 4 is 16.8 Å². The van der Waals surface area contributed by atoms with Gasteiger partial charge in [-0.1, -0.05) is 0 Å². The first kappa shape index (κ1) is 19.4. The van der Waals surface area contributed by atoms with Gasteiger partial charge in [0.1, 0.15) is 24.8 Å². The Labute approximate surface area is 164 Å². The fourth-order valence-electron chi connectivity index (χ4n) is 3.27. The molecule has 6 nitrogen and oxygen atoms in total. The SMILES string of the molecule is CC[N+](C)=c1cc2oc3cc(N(CCC#N)CCC#N)ccc3nc-2cc1C. The lowest BCUT2D eigenvalue weighted by Crippen LogP contribution is -2.28. The van der Waals surface area contributed by atoms with Crippen LogP contribution in [0.1, 0.15) is 25.3 Å². The van der Waals surface area contributed by atoms with Crippen LogP contribution in [-0.4, -0.2) is 31.7 Å². The van der Waals surface area contributed by atoms with E-state index in [1.807, 2.05) is 29.2 Å². The minimum Gasteiger partial charge on any atom is -0.452 e. The molecule has 1 aliphatic heterocycles. The standard InChI is InChI=1S/C22H24N5O/c1-4-26(3)20-15-22-19(13-16(20)2)25-18-8-7-17(14-21(18)28-22)27(11-5-9-23)12-6-10-24/h7-8,13-15H,4-6,11-12H2,1-3H3/q+1. The molecule has 0 N–H and O–H groups in total. The van der Waals surface area contributed by atoms with Crippen molar-refractivity contribution in [1.29, 1.82) is 10.5 Å². The average molecular weight is 374 g/mol. The largest absolute Gasteiger partial charge is 0.452 e. The van der Waals surface area contributed by atoms with Crippen molar-refractivity contribution in [3.8, 4) is 23.6 Å². The van der Waals surface area contributed by atoms with Gasteiger partial charge in [-0.25, -0.2) is 9.56 Å². The molecule has 6 heteroatoms. The molecule has 0 aromatic heterocycles. The van der Waals surface area contributed by atoms with Crippen molar-refractivity contribution in [3.63, 3.8) is 0 Å². The molecule has 1 aliphatic carbocycles. The third kappa shape index (κ3) is 3.97. The maximum absolute atomic E-state index is 8.92. The predicted molar refractivity (Wildman–Crippen MR) is 110 cm³/mol. The van der Waals surface area contributed by atoms with E-state index in [4.69, 9.17) is 19.9 Å². The molecule has 0 bridgehead atoms. The van der Waals surface area contributed by atoms with Crippen molar-refractivity contribution in [2.75, 3.05) is 31.6 Å². The summed E-state index contributed by atoms with van der Waals surface area (Å²) in [6.45, 7) is 6.26. The molecule has 0 saturated carbocycles. The molecule has 1 aromatic carbocycles. The van der Waals surface area contributed by atoms with Crippen molar-refractivity contribution in [3.05, 3.63) is 41.3 Å². The Kier molecular flexibility index (Phi) is 5.91. The van der Waals surface area contributed by atoms with Crippen LogP contribution in [0.5, 0.6) is 0 Å². The summed E-state index contributed by atoms with van der Waals surface area (Å²) in [6, 6.07) is 14.3. The third-order valence-electron chi connectivity index (χ3n) is 4.92. The van der Waals surface area contributed by atoms with Gasteiger partial charge in [0.25, 0.3) is 0 Å². The maximum atomic E-state index is 8.92. The molecule has 3 rings (SSSR count). The molecule has 0 atom stereocenters. The average Bonchev–Trinajstić information content (AvgIpc) is 2.71. The number of nitrogens with zero attached hydrogens (tertiary/aromatic N) is 5. The topological polar surface area (TPSA) is 79.9 Å². The van der Waals surface area contributed by atoms with Gasteiger partial charge in [-0.2, -0.15) is 10.5 Å². The van der Waals surface area contributed by atoms with Crippen molar-refractivity contribution in [2.24, 2.45) is 0 Å². The second-order valence-electron chi connectivity index (χ2n) is 6.79. The molecule has 1 aromatic rings. The number of nitriles is 2. The summed E-state index contributed by atoms with van der Waals surface area (Å²) in [4.78, 5) is 6.79. The second-order valence-corrected chi connectivity index (χ2v) is 6.79. The van der Waals surface area contributed by atoms with Gasteiger partial charge < -0.3 is 9.32 Å². The molecule has 28 heavy (non-hydrogen) atoms. The molecule has 0 radical (unpaired) electrons. The Bertz CT molecular complexity index is 1100. The van der Waals surface area contributed by atoms with Gasteiger partial charge in [0.2, 0.25) is 5.36 Å². The first-order chi connectivity index (χ1) is 13.6. The van der Waals surface area contributed by atoms with Crippen LogP contribution >= 0.6 is 0 Å². The normalized spacial score (nSPS) is 11.9. The van der Waals surface area contributed by atoms with Crippen LogP contribution < -0.4 is 14.8 Å². The van der Waals surface area contributed by atoms with Gasteiger partial charge in [0.15, 0.2) is 11.3 Å². The Hall–Kier alpha value is -3.38. The minimum absolute atomic E-state index is 0.405. The number of fused-ring (bicyclic) bond motifs is 2. The fraction of sp³-hybridized carbons (Fsp3) is 0.364. The van der Waals surface area contributed by atoms with Crippen LogP contribution in [0.3, 0.4) is 0 Å². The number of hydrogen-bond donors (Lipinski definition) is 0. The van der Waals surface area contributed by atoms with E-state index < -0.39 is 0 Å². The lowest BCUT2D eigenvalue weighted by Gasteiger charge is -2.22. The Morgan fingerprint density at radius 2 is 1.82 bits per heavy atom. The van der Waals surface area contributed by atoms with E-state index in [1.165, 1.54) is 0 Å². The molecular formula is C22H24N5O+.